The van der Waals surface area contributed by atoms with Crippen LogP contribution in [0.25, 0.3) is 0 Å². The Hall–Kier alpha value is -1.53. The van der Waals surface area contributed by atoms with Gasteiger partial charge in [-0.05, 0) is 61.7 Å². The second-order valence-corrected chi connectivity index (χ2v) is 9.71. The van der Waals surface area contributed by atoms with Crippen molar-refractivity contribution in [3.8, 4) is 0 Å². The quantitative estimate of drug-likeness (QED) is 0.424. The maximum atomic E-state index is 12.3. The fraction of sp³-hybridized carbons (Fsp3) is 0.238. The van der Waals surface area contributed by atoms with Crippen molar-refractivity contribution in [2.75, 3.05) is 11.1 Å². The maximum absolute atomic E-state index is 12.3. The number of aromatic nitrogens is 1. The zero-order chi connectivity index (χ0) is 20.3. The van der Waals surface area contributed by atoms with Crippen LogP contribution in [0.3, 0.4) is 0 Å². The molecule has 0 unspecified atom stereocenters. The molecule has 0 saturated heterocycles. The minimum Gasteiger partial charge on any atom is -0.325 e. The van der Waals surface area contributed by atoms with E-state index in [0.29, 0.717) is 22.2 Å². The molecule has 1 aromatic heterocycles. The van der Waals surface area contributed by atoms with E-state index in [4.69, 9.17) is 23.2 Å². The smallest absolute Gasteiger partial charge is 0.234 e. The van der Waals surface area contributed by atoms with Crippen molar-refractivity contribution in [1.82, 2.24) is 4.98 Å². The first-order valence-electron chi connectivity index (χ1n) is 8.72. The number of anilines is 1. The number of hydrogen-bond acceptors (Lipinski definition) is 4. The van der Waals surface area contributed by atoms with Crippen LogP contribution in [0, 0.1) is 20.8 Å². The molecule has 3 aromatic rings. The molecule has 3 nitrogen and oxygen atoms in total. The minimum atomic E-state index is -0.0361. The van der Waals surface area contributed by atoms with Gasteiger partial charge in [-0.25, -0.2) is 4.98 Å². The molecule has 1 heterocycles. The Kier molecular flexibility index (Phi) is 7.05. The highest BCUT2D eigenvalue weighted by molar-refractivity contribution is 8.01. The Labute approximate surface area is 183 Å². The number of amides is 1. The summed E-state index contributed by atoms with van der Waals surface area (Å²) < 4.78 is 0.877. The lowest BCUT2D eigenvalue weighted by Gasteiger charge is -2.08. The Morgan fingerprint density at radius 1 is 1.14 bits per heavy atom. The Morgan fingerprint density at radius 2 is 1.93 bits per heavy atom. The van der Waals surface area contributed by atoms with Crippen molar-refractivity contribution in [3.05, 3.63) is 73.7 Å². The molecule has 0 atom stereocenters. The monoisotopic (exact) mass is 450 g/mol. The summed E-state index contributed by atoms with van der Waals surface area (Å²) in [7, 11) is 0. The Balaban J connectivity index is 1.62. The average molecular weight is 451 g/mol. The van der Waals surface area contributed by atoms with Crippen LogP contribution >= 0.6 is 46.3 Å². The molecule has 1 N–H and O–H groups in total. The number of nitrogens with zero attached hydrogens (tertiary/aromatic N) is 1. The van der Waals surface area contributed by atoms with Crippen molar-refractivity contribution >= 4 is 57.9 Å². The fourth-order valence-electron chi connectivity index (χ4n) is 2.66. The van der Waals surface area contributed by atoms with Gasteiger partial charge in [0.2, 0.25) is 5.91 Å². The van der Waals surface area contributed by atoms with Crippen LogP contribution in [-0.4, -0.2) is 16.6 Å². The third kappa shape index (κ3) is 5.51. The number of halogens is 2. The predicted octanol–water partition coefficient (Wildman–Crippen LogP) is 6.70. The lowest BCUT2D eigenvalue weighted by Crippen LogP contribution is -2.14. The van der Waals surface area contributed by atoms with Gasteiger partial charge in [-0.15, -0.1) is 11.3 Å². The molecule has 0 bridgehead atoms. The number of benzene rings is 2. The number of thioether (sulfide) groups is 1. The lowest BCUT2D eigenvalue weighted by molar-refractivity contribution is -0.113. The molecule has 1 amide bonds. The highest BCUT2D eigenvalue weighted by Gasteiger charge is 2.13. The first-order valence-corrected chi connectivity index (χ1v) is 11.3. The third-order valence-electron chi connectivity index (χ3n) is 4.23. The van der Waals surface area contributed by atoms with Gasteiger partial charge in [0.05, 0.1) is 11.4 Å². The van der Waals surface area contributed by atoms with Gasteiger partial charge in [0.25, 0.3) is 0 Å². The number of nitrogens with one attached hydrogen (secondary N) is 1. The second kappa shape index (κ2) is 9.31. The summed E-state index contributed by atoms with van der Waals surface area (Å²) in [6.07, 6.45) is 0.679. The van der Waals surface area contributed by atoms with Crippen molar-refractivity contribution in [2.45, 2.75) is 31.5 Å². The highest BCUT2D eigenvalue weighted by atomic mass is 35.5. The van der Waals surface area contributed by atoms with E-state index in [9.17, 15) is 4.79 Å². The average Bonchev–Trinajstić information content (AvgIpc) is 2.99. The summed E-state index contributed by atoms with van der Waals surface area (Å²) in [6, 6.07) is 11.5. The molecule has 0 aliphatic heterocycles. The van der Waals surface area contributed by atoms with Gasteiger partial charge in [-0.2, -0.15) is 0 Å². The number of thiazole rings is 1. The zero-order valence-corrected chi connectivity index (χ0v) is 19.0. The summed E-state index contributed by atoms with van der Waals surface area (Å²) in [5.41, 5.74) is 4.96. The van der Waals surface area contributed by atoms with E-state index in [-0.39, 0.29) is 5.91 Å². The molecule has 0 aliphatic rings. The fourth-order valence-corrected chi connectivity index (χ4v) is 5.10. The van der Waals surface area contributed by atoms with E-state index in [2.05, 4.69) is 10.3 Å². The van der Waals surface area contributed by atoms with Gasteiger partial charge >= 0.3 is 0 Å². The first-order chi connectivity index (χ1) is 13.3. The van der Waals surface area contributed by atoms with Crippen LogP contribution in [0.5, 0.6) is 0 Å². The van der Waals surface area contributed by atoms with Gasteiger partial charge in [0.15, 0.2) is 4.34 Å². The summed E-state index contributed by atoms with van der Waals surface area (Å²) in [5, 5.41) is 4.34. The molecule has 2 aromatic carbocycles. The molecule has 146 valence electrons. The van der Waals surface area contributed by atoms with Crippen molar-refractivity contribution in [1.29, 1.82) is 0 Å². The second-order valence-electron chi connectivity index (χ2n) is 6.56. The van der Waals surface area contributed by atoms with Crippen molar-refractivity contribution in [3.63, 3.8) is 0 Å². The maximum Gasteiger partial charge on any atom is 0.234 e. The van der Waals surface area contributed by atoms with Crippen LogP contribution in [-0.2, 0) is 11.2 Å². The van der Waals surface area contributed by atoms with Crippen molar-refractivity contribution in [2.24, 2.45) is 0 Å². The molecule has 7 heteroatoms. The summed E-state index contributed by atoms with van der Waals surface area (Å²) >= 11 is 15.4. The first kappa shape index (κ1) is 21.2. The summed E-state index contributed by atoms with van der Waals surface area (Å²) in [6.45, 7) is 5.97. The van der Waals surface area contributed by atoms with E-state index in [1.807, 2.05) is 51.1 Å². The molecule has 0 spiro atoms. The predicted molar refractivity (Wildman–Crippen MR) is 121 cm³/mol. The molecule has 3 rings (SSSR count). The molecule has 0 aliphatic carbocycles. The normalized spacial score (nSPS) is 10.9. The molecule has 0 radical (unpaired) electrons. The lowest BCUT2D eigenvalue weighted by atomic mass is 10.1. The number of rotatable bonds is 6. The van der Waals surface area contributed by atoms with Gasteiger partial charge in [-0.3, -0.25) is 4.79 Å². The van der Waals surface area contributed by atoms with E-state index < -0.39 is 0 Å². The Bertz CT molecular complexity index is 1020. The largest absolute Gasteiger partial charge is 0.325 e. The highest BCUT2D eigenvalue weighted by Crippen LogP contribution is 2.31. The van der Waals surface area contributed by atoms with Crippen LogP contribution in [0.15, 0.2) is 40.7 Å². The molecule has 0 fully saturated rings. The molecule has 28 heavy (non-hydrogen) atoms. The van der Waals surface area contributed by atoms with Gasteiger partial charge in [0.1, 0.15) is 0 Å². The SMILES string of the molecule is Cc1ccc(C)c(NC(=O)CSc2nc(C)c(Cc3cc(Cl)ccc3Cl)s2)c1. The van der Waals surface area contributed by atoms with E-state index in [1.54, 1.807) is 17.4 Å². The van der Waals surface area contributed by atoms with E-state index in [1.165, 1.54) is 11.8 Å². The summed E-state index contributed by atoms with van der Waals surface area (Å²) in [4.78, 5) is 18.0. The van der Waals surface area contributed by atoms with Gasteiger partial charge < -0.3 is 5.32 Å². The molecular formula is C21H20Cl2N2OS2. The van der Waals surface area contributed by atoms with Crippen LogP contribution in [0.4, 0.5) is 5.69 Å². The van der Waals surface area contributed by atoms with Crippen LogP contribution in [0.2, 0.25) is 10.0 Å². The van der Waals surface area contributed by atoms with Crippen LogP contribution in [0.1, 0.15) is 27.3 Å². The number of carbonyl (C=O) groups excluding carboxylic acids is 1. The minimum absolute atomic E-state index is 0.0361. The Morgan fingerprint density at radius 3 is 2.71 bits per heavy atom. The van der Waals surface area contributed by atoms with E-state index >= 15 is 0 Å². The standard InChI is InChI=1S/C21H20Cl2N2OS2/c1-12-4-5-13(2)18(8-12)25-20(26)11-27-21-24-14(3)19(28-21)10-15-9-16(22)6-7-17(15)23/h4-9H,10-11H2,1-3H3,(H,25,26). The summed E-state index contributed by atoms with van der Waals surface area (Å²) in [5.74, 6) is 0.281. The molecular weight excluding hydrogens is 431 g/mol. The van der Waals surface area contributed by atoms with E-state index in [0.717, 1.165) is 37.3 Å². The molecule has 0 saturated carbocycles. The van der Waals surface area contributed by atoms with Crippen molar-refractivity contribution < 1.29 is 4.79 Å². The third-order valence-corrected chi connectivity index (χ3v) is 7.13. The number of hydrogen-bond donors (Lipinski definition) is 1. The van der Waals surface area contributed by atoms with Crippen LogP contribution < -0.4 is 5.32 Å². The zero-order valence-electron chi connectivity index (χ0n) is 15.8. The topological polar surface area (TPSA) is 42.0 Å². The number of carbonyl (C=O) groups is 1. The van der Waals surface area contributed by atoms with Gasteiger partial charge in [-0.1, -0.05) is 47.1 Å². The van der Waals surface area contributed by atoms with Gasteiger partial charge in [0, 0.05) is 27.0 Å². The number of aryl methyl sites for hydroxylation is 3.